The average molecular weight is 879 g/mol. The van der Waals surface area contributed by atoms with Crippen molar-refractivity contribution in [3.8, 4) is 11.5 Å². The number of aryl methyl sites for hydroxylation is 1. The van der Waals surface area contributed by atoms with E-state index in [4.69, 9.17) is 21.1 Å². The molecule has 2 aromatic heterocycles. The van der Waals surface area contributed by atoms with Gasteiger partial charge in [-0.3, -0.25) is 19.8 Å². The number of benzene rings is 3. The van der Waals surface area contributed by atoms with Crippen molar-refractivity contribution in [2.24, 2.45) is 11.3 Å². The number of rotatable bonds is 13. The molecule has 9 rings (SSSR count). The third-order valence-electron chi connectivity index (χ3n) is 13.4. The minimum Gasteiger partial charge on any atom is -0.455 e. The summed E-state index contributed by atoms with van der Waals surface area (Å²) in [4.78, 5) is 37.4. The van der Waals surface area contributed by atoms with Crippen molar-refractivity contribution in [2.75, 3.05) is 50.8 Å². The van der Waals surface area contributed by atoms with E-state index in [1.54, 1.807) is 30.5 Å². The number of fused-ring (bicyclic) bond motifs is 1. The molecule has 0 radical (unpaired) electrons. The number of pyridine rings is 1. The van der Waals surface area contributed by atoms with Crippen molar-refractivity contribution in [1.29, 1.82) is 0 Å². The Morgan fingerprint density at radius 2 is 1.84 bits per heavy atom. The van der Waals surface area contributed by atoms with Gasteiger partial charge in [0, 0.05) is 85.9 Å². The Morgan fingerprint density at radius 3 is 2.58 bits per heavy atom. The van der Waals surface area contributed by atoms with E-state index in [2.05, 4.69) is 36.6 Å². The van der Waals surface area contributed by atoms with E-state index in [0.717, 1.165) is 87.2 Å². The van der Waals surface area contributed by atoms with Crippen LogP contribution in [0.25, 0.3) is 16.6 Å². The zero-order chi connectivity index (χ0) is 42.8. The van der Waals surface area contributed by atoms with Gasteiger partial charge in [-0.15, -0.1) is 0 Å². The number of sulfonamides is 1. The molecule has 1 atom stereocenters. The number of nitrogens with one attached hydrogen (secondary N) is 2. The van der Waals surface area contributed by atoms with Crippen LogP contribution in [0.4, 0.5) is 11.4 Å². The number of amides is 1. The standard InChI is InChI=1S/C47H51ClN6O7S/c48-37-9-6-33(7-10-37)42-28-47(16-2-17-47)18-14-36(42)30-52-20-22-53(23-21-52)38-11-13-41(44(26-38)61-39-25-35-15-19-49-45(35)50-29-39)46(55)51-62(58,59)40-12-8-34(43(27-40)54(56)57)5-4-32-3-1-24-60-31-32/h6-13,15,19,25-27,29,32H,1-5,14,16-18,20-24,28,30-31H2,(H,49,50)(H,51,55)/t32-/m0/s1. The number of allylic oxidation sites excluding steroid dienone is 1. The van der Waals surface area contributed by atoms with Gasteiger partial charge in [-0.1, -0.05) is 41.8 Å². The molecule has 2 N–H and O–H groups in total. The van der Waals surface area contributed by atoms with Crippen LogP contribution < -0.4 is 14.4 Å². The number of carbonyl (C=O) groups excluding carboxylic acids is 1. The summed E-state index contributed by atoms with van der Waals surface area (Å²) in [5.41, 5.74) is 6.33. The monoisotopic (exact) mass is 878 g/mol. The predicted octanol–water partition coefficient (Wildman–Crippen LogP) is 9.32. The van der Waals surface area contributed by atoms with E-state index in [1.165, 1.54) is 60.7 Å². The van der Waals surface area contributed by atoms with Crippen LogP contribution in [0, 0.1) is 21.4 Å². The zero-order valence-corrected chi connectivity index (χ0v) is 36.2. The van der Waals surface area contributed by atoms with Crippen molar-refractivity contribution in [1.82, 2.24) is 19.6 Å². The first-order valence-electron chi connectivity index (χ1n) is 21.6. The number of anilines is 1. The number of nitrogens with zero attached hydrogens (tertiary/aromatic N) is 4. The highest BCUT2D eigenvalue weighted by Gasteiger charge is 2.41. The summed E-state index contributed by atoms with van der Waals surface area (Å²) in [6, 6.07) is 20.9. The number of piperazine rings is 1. The number of hydrogen-bond donors (Lipinski definition) is 2. The number of nitro groups is 1. The second kappa shape index (κ2) is 17.8. The minimum absolute atomic E-state index is 0.0193. The molecule has 2 aliphatic carbocycles. The molecule has 1 spiro atoms. The topological polar surface area (TPSA) is 160 Å². The van der Waals surface area contributed by atoms with Crippen LogP contribution in [-0.4, -0.2) is 80.1 Å². The Balaban J connectivity index is 0.926. The highest BCUT2D eigenvalue weighted by atomic mass is 35.5. The summed E-state index contributed by atoms with van der Waals surface area (Å²) in [6.07, 6.45) is 13.8. The second-order valence-electron chi connectivity index (χ2n) is 17.4. The maximum atomic E-state index is 13.9. The van der Waals surface area contributed by atoms with Gasteiger partial charge in [0.2, 0.25) is 0 Å². The number of halogens is 1. The van der Waals surface area contributed by atoms with Crippen molar-refractivity contribution in [3.05, 3.63) is 123 Å². The molecule has 13 nitrogen and oxygen atoms in total. The Morgan fingerprint density at radius 1 is 1.02 bits per heavy atom. The van der Waals surface area contributed by atoms with Gasteiger partial charge >= 0.3 is 0 Å². The van der Waals surface area contributed by atoms with Gasteiger partial charge in [-0.05, 0) is 123 Å². The van der Waals surface area contributed by atoms with Crippen LogP contribution in [0.1, 0.15) is 79.3 Å². The summed E-state index contributed by atoms with van der Waals surface area (Å²) < 4.78 is 41.4. The fourth-order valence-corrected chi connectivity index (χ4v) is 10.7. The van der Waals surface area contributed by atoms with Gasteiger partial charge in [0.25, 0.3) is 21.6 Å². The molecule has 2 saturated heterocycles. The van der Waals surface area contributed by atoms with Crippen molar-refractivity contribution >= 4 is 55.5 Å². The van der Waals surface area contributed by atoms with Crippen LogP contribution in [0.2, 0.25) is 5.02 Å². The smallest absolute Gasteiger partial charge is 0.273 e. The van der Waals surface area contributed by atoms with Gasteiger partial charge in [0.15, 0.2) is 0 Å². The number of aromatic nitrogens is 2. The van der Waals surface area contributed by atoms with Gasteiger partial charge in [-0.25, -0.2) is 18.1 Å². The first kappa shape index (κ1) is 42.0. The SMILES string of the molecule is O=C(NS(=O)(=O)c1ccc(CC[C@@H]2CCCOC2)c([N+](=O)[O-])c1)c1ccc(N2CCN(CC3=C(c4ccc(Cl)cc4)CC4(CCC4)CC3)CC2)cc1Oc1cnc2[nH]ccc2c1. The molecule has 0 bridgehead atoms. The minimum atomic E-state index is -4.53. The van der Waals surface area contributed by atoms with Gasteiger partial charge in [0.1, 0.15) is 17.1 Å². The lowest BCUT2D eigenvalue weighted by Crippen LogP contribution is -2.47. The fourth-order valence-electron chi connectivity index (χ4n) is 9.63. The lowest BCUT2D eigenvalue weighted by Gasteiger charge is -2.47. The predicted molar refractivity (Wildman–Crippen MR) is 239 cm³/mol. The highest BCUT2D eigenvalue weighted by Crippen LogP contribution is 2.55. The number of ether oxygens (including phenoxy) is 2. The first-order chi connectivity index (χ1) is 30.0. The van der Waals surface area contributed by atoms with Gasteiger partial charge in [0.05, 0.1) is 21.6 Å². The van der Waals surface area contributed by atoms with Gasteiger partial charge < -0.3 is 19.4 Å². The molecule has 1 saturated carbocycles. The number of carbonyl (C=O) groups is 1. The Kier molecular flexibility index (Phi) is 12.1. The van der Waals surface area contributed by atoms with Crippen LogP contribution in [-0.2, 0) is 21.2 Å². The molecule has 62 heavy (non-hydrogen) atoms. The molecule has 5 aromatic rings. The van der Waals surface area contributed by atoms with Crippen molar-refractivity contribution < 1.29 is 27.6 Å². The molecule has 4 aliphatic rings. The first-order valence-corrected chi connectivity index (χ1v) is 23.5. The number of nitro benzene ring substituents is 1. The molecule has 15 heteroatoms. The highest BCUT2D eigenvalue weighted by molar-refractivity contribution is 7.90. The normalized spacial score (nSPS) is 19.4. The molecule has 3 aromatic carbocycles. The molecular weight excluding hydrogens is 828 g/mol. The maximum Gasteiger partial charge on any atom is 0.273 e. The molecule has 324 valence electrons. The van der Waals surface area contributed by atoms with Gasteiger partial charge in [-0.2, -0.15) is 0 Å². The zero-order valence-electron chi connectivity index (χ0n) is 34.6. The lowest BCUT2D eigenvalue weighted by molar-refractivity contribution is -0.385. The van der Waals surface area contributed by atoms with E-state index in [1.807, 2.05) is 18.2 Å². The number of hydrogen-bond acceptors (Lipinski definition) is 10. The summed E-state index contributed by atoms with van der Waals surface area (Å²) in [7, 11) is -4.53. The summed E-state index contributed by atoms with van der Waals surface area (Å²) in [5.74, 6) is -0.134. The number of aromatic amines is 1. The van der Waals surface area contributed by atoms with Crippen molar-refractivity contribution in [3.63, 3.8) is 0 Å². The fraction of sp³-hybridized carbons (Fsp3) is 0.404. The largest absolute Gasteiger partial charge is 0.455 e. The third kappa shape index (κ3) is 9.24. The van der Waals surface area contributed by atoms with E-state index >= 15 is 0 Å². The molecular formula is C47H51ClN6O7S. The quantitative estimate of drug-likeness (QED) is 0.0862. The van der Waals surface area contributed by atoms with E-state index in [9.17, 15) is 23.3 Å². The molecule has 1 amide bonds. The molecule has 0 unspecified atom stereocenters. The van der Waals surface area contributed by atoms with Crippen LogP contribution >= 0.6 is 11.6 Å². The lowest BCUT2D eigenvalue weighted by atomic mass is 9.59. The summed E-state index contributed by atoms with van der Waals surface area (Å²) in [6.45, 7) is 5.41. The Labute approximate surface area is 366 Å². The molecule has 2 aliphatic heterocycles. The van der Waals surface area contributed by atoms with Crippen molar-refractivity contribution in [2.45, 2.75) is 69.1 Å². The molecule has 3 fully saturated rings. The van der Waals surface area contributed by atoms with Crippen LogP contribution in [0.15, 0.2) is 95.7 Å². The molecule has 4 heterocycles. The Bertz CT molecular complexity index is 2610. The second-order valence-corrected chi connectivity index (χ2v) is 19.5. The van der Waals surface area contributed by atoms with E-state index in [0.29, 0.717) is 41.8 Å². The van der Waals surface area contributed by atoms with E-state index < -0.39 is 20.9 Å². The van der Waals surface area contributed by atoms with Crippen LogP contribution in [0.5, 0.6) is 11.5 Å². The maximum absolute atomic E-state index is 13.9. The average Bonchev–Trinajstić information content (AvgIpc) is 3.74. The third-order valence-corrected chi connectivity index (χ3v) is 15.0. The van der Waals surface area contributed by atoms with E-state index in [-0.39, 0.29) is 27.8 Å². The van der Waals surface area contributed by atoms with Crippen LogP contribution in [0.3, 0.4) is 0 Å². The summed E-state index contributed by atoms with van der Waals surface area (Å²) in [5, 5.41) is 13.7. The number of H-pyrrole nitrogens is 1. The summed E-state index contributed by atoms with van der Waals surface area (Å²) >= 11 is 6.28. The Hall–Kier alpha value is -5.28.